The van der Waals surface area contributed by atoms with E-state index in [2.05, 4.69) is 15.0 Å². The highest BCUT2D eigenvalue weighted by Gasteiger charge is 2.08. The van der Waals surface area contributed by atoms with Crippen LogP contribution in [0.15, 0.2) is 42.6 Å². The van der Waals surface area contributed by atoms with Crippen LogP contribution in [-0.4, -0.2) is 30.5 Å². The lowest BCUT2D eigenvalue weighted by Gasteiger charge is -2.06. The van der Waals surface area contributed by atoms with Gasteiger partial charge in [0, 0.05) is 12.7 Å². The molecule has 0 bridgehead atoms. The zero-order chi connectivity index (χ0) is 15.9. The van der Waals surface area contributed by atoms with Crippen LogP contribution in [0.5, 0.6) is 0 Å². The van der Waals surface area contributed by atoms with Crippen molar-refractivity contribution in [3.8, 4) is 0 Å². The van der Waals surface area contributed by atoms with Gasteiger partial charge in [0.1, 0.15) is 4.64 Å². The molecule has 2 rings (SSSR count). The van der Waals surface area contributed by atoms with Gasteiger partial charge in [0.25, 0.3) is 5.91 Å². The first-order valence-electron chi connectivity index (χ1n) is 6.75. The van der Waals surface area contributed by atoms with Crippen LogP contribution >= 0.6 is 12.2 Å². The molecule has 0 fully saturated rings. The van der Waals surface area contributed by atoms with E-state index in [1.807, 2.05) is 6.07 Å². The van der Waals surface area contributed by atoms with Gasteiger partial charge in [-0.2, -0.15) is 0 Å². The average molecular weight is 316 g/mol. The second-order valence-corrected chi connectivity index (χ2v) is 5.02. The molecular weight excluding hydrogens is 300 g/mol. The molecule has 1 heterocycles. The van der Waals surface area contributed by atoms with Crippen molar-refractivity contribution in [3.63, 3.8) is 0 Å². The van der Waals surface area contributed by atoms with Crippen molar-refractivity contribution < 1.29 is 14.3 Å². The van der Waals surface area contributed by atoms with Gasteiger partial charge in [0.15, 0.2) is 0 Å². The quantitative estimate of drug-likeness (QED) is 0.657. The molecule has 2 aromatic rings. The molecule has 1 aromatic heterocycles. The molecule has 1 amide bonds. The van der Waals surface area contributed by atoms with E-state index in [0.29, 0.717) is 28.7 Å². The predicted molar refractivity (Wildman–Crippen MR) is 85.4 cm³/mol. The van der Waals surface area contributed by atoms with Crippen LogP contribution in [0.2, 0.25) is 0 Å². The van der Waals surface area contributed by atoms with E-state index in [4.69, 9.17) is 12.2 Å². The number of benzene rings is 1. The summed E-state index contributed by atoms with van der Waals surface area (Å²) in [5, 5.41) is 2.81. The number of pyridine rings is 1. The van der Waals surface area contributed by atoms with Gasteiger partial charge in [-0.25, -0.2) is 4.79 Å². The highest BCUT2D eigenvalue weighted by atomic mass is 32.1. The number of methoxy groups -OCH3 is 1. The fourth-order valence-corrected chi connectivity index (χ4v) is 2.22. The summed E-state index contributed by atoms with van der Waals surface area (Å²) < 4.78 is 5.09. The first kappa shape index (κ1) is 15.9. The highest BCUT2D eigenvalue weighted by molar-refractivity contribution is 7.71. The van der Waals surface area contributed by atoms with Crippen LogP contribution in [-0.2, 0) is 11.2 Å². The summed E-state index contributed by atoms with van der Waals surface area (Å²) in [5.74, 6) is -0.590. The maximum absolute atomic E-state index is 12.0. The summed E-state index contributed by atoms with van der Waals surface area (Å²) in [6.45, 7) is 0.452. The number of aromatic nitrogens is 1. The lowest BCUT2D eigenvalue weighted by molar-refractivity contribution is 0.0600. The van der Waals surface area contributed by atoms with Gasteiger partial charge in [-0.05, 0) is 36.2 Å². The molecule has 6 heteroatoms. The molecule has 22 heavy (non-hydrogen) atoms. The number of nitrogens with one attached hydrogen (secondary N) is 2. The van der Waals surface area contributed by atoms with E-state index in [9.17, 15) is 9.59 Å². The Morgan fingerprint density at radius 2 is 2.09 bits per heavy atom. The first-order chi connectivity index (χ1) is 10.6. The Kier molecular flexibility index (Phi) is 5.43. The molecule has 2 N–H and O–H groups in total. The zero-order valence-electron chi connectivity index (χ0n) is 12.1. The molecule has 114 valence electrons. The minimum atomic E-state index is -0.374. The van der Waals surface area contributed by atoms with Gasteiger partial charge in [0.2, 0.25) is 0 Å². The van der Waals surface area contributed by atoms with Crippen molar-refractivity contribution in [2.24, 2.45) is 0 Å². The van der Waals surface area contributed by atoms with Crippen molar-refractivity contribution in [1.29, 1.82) is 0 Å². The van der Waals surface area contributed by atoms with Gasteiger partial charge in [-0.3, -0.25) is 4.79 Å². The number of ether oxygens (including phenoxy) is 1. The van der Waals surface area contributed by atoms with Gasteiger partial charge >= 0.3 is 5.97 Å². The number of rotatable bonds is 5. The van der Waals surface area contributed by atoms with Gasteiger partial charge in [-0.15, -0.1) is 0 Å². The molecule has 0 saturated carbocycles. The Bertz CT molecular complexity index is 740. The molecule has 0 saturated heterocycles. The third-order valence-electron chi connectivity index (χ3n) is 3.11. The fourth-order valence-electron chi connectivity index (χ4n) is 1.99. The number of amides is 1. The normalized spacial score (nSPS) is 10.0. The summed E-state index contributed by atoms with van der Waals surface area (Å²) >= 11 is 5.06. The van der Waals surface area contributed by atoms with E-state index < -0.39 is 0 Å². The lowest BCUT2D eigenvalue weighted by Crippen LogP contribution is -2.26. The molecule has 0 aliphatic rings. The molecule has 0 radical (unpaired) electrons. The van der Waals surface area contributed by atoms with Crippen molar-refractivity contribution >= 4 is 24.1 Å². The van der Waals surface area contributed by atoms with Crippen LogP contribution in [0, 0.1) is 4.64 Å². The van der Waals surface area contributed by atoms with Crippen molar-refractivity contribution in [1.82, 2.24) is 10.3 Å². The van der Waals surface area contributed by atoms with Crippen molar-refractivity contribution in [2.45, 2.75) is 6.42 Å². The van der Waals surface area contributed by atoms with E-state index >= 15 is 0 Å². The third-order valence-corrected chi connectivity index (χ3v) is 3.45. The maximum atomic E-state index is 12.0. The summed E-state index contributed by atoms with van der Waals surface area (Å²) in [6, 6.07) is 10.5. The van der Waals surface area contributed by atoms with Crippen LogP contribution in [0.1, 0.15) is 26.3 Å². The van der Waals surface area contributed by atoms with Gasteiger partial charge < -0.3 is 15.0 Å². The minimum absolute atomic E-state index is 0.217. The van der Waals surface area contributed by atoms with Crippen LogP contribution < -0.4 is 5.32 Å². The van der Waals surface area contributed by atoms with Crippen molar-refractivity contribution in [2.75, 3.05) is 13.7 Å². The highest BCUT2D eigenvalue weighted by Crippen LogP contribution is 2.07. The van der Waals surface area contributed by atoms with E-state index in [-0.39, 0.29) is 11.9 Å². The second-order valence-electron chi connectivity index (χ2n) is 4.61. The number of carbonyl (C=O) groups is 2. The zero-order valence-corrected chi connectivity index (χ0v) is 12.9. The lowest BCUT2D eigenvalue weighted by atomic mass is 10.1. The van der Waals surface area contributed by atoms with Crippen LogP contribution in [0.4, 0.5) is 0 Å². The Hall–Kier alpha value is -2.47. The number of hydrogen-bond donors (Lipinski definition) is 2. The average Bonchev–Trinajstić information content (AvgIpc) is 2.54. The fraction of sp³-hybridized carbons (Fsp3) is 0.188. The Morgan fingerprint density at radius 1 is 1.27 bits per heavy atom. The van der Waals surface area contributed by atoms with Gasteiger partial charge in [-0.1, -0.05) is 24.4 Å². The van der Waals surface area contributed by atoms with E-state index in [1.54, 1.807) is 36.5 Å². The van der Waals surface area contributed by atoms with Crippen molar-refractivity contribution in [3.05, 3.63) is 63.9 Å². The Morgan fingerprint density at radius 3 is 2.82 bits per heavy atom. The number of carbonyl (C=O) groups excluding carboxylic acids is 2. The topological polar surface area (TPSA) is 71.2 Å². The smallest absolute Gasteiger partial charge is 0.337 e. The predicted octanol–water partition coefficient (Wildman–Crippen LogP) is 2.50. The third kappa shape index (κ3) is 4.02. The monoisotopic (exact) mass is 316 g/mol. The summed E-state index contributed by atoms with van der Waals surface area (Å²) in [5.41, 5.74) is 1.89. The number of esters is 1. The maximum Gasteiger partial charge on any atom is 0.337 e. The molecule has 0 aliphatic carbocycles. The standard InChI is InChI=1S/C16H16N2O3S/c1-21-16(20)12-5-2-4-11(10-12)7-9-17-14(19)13-6-3-8-18-15(13)22/h2-6,8,10H,7,9H2,1H3,(H,17,19)(H,18,22). The summed E-state index contributed by atoms with van der Waals surface area (Å²) in [7, 11) is 1.35. The minimum Gasteiger partial charge on any atom is -0.465 e. The summed E-state index contributed by atoms with van der Waals surface area (Å²) in [6.07, 6.45) is 2.29. The molecule has 0 aliphatic heterocycles. The number of aromatic amines is 1. The Balaban J connectivity index is 1.94. The molecule has 0 atom stereocenters. The Labute approximate surface area is 133 Å². The number of hydrogen-bond acceptors (Lipinski definition) is 4. The van der Waals surface area contributed by atoms with Crippen LogP contribution in [0.3, 0.4) is 0 Å². The summed E-state index contributed by atoms with van der Waals surface area (Å²) in [4.78, 5) is 26.3. The SMILES string of the molecule is COC(=O)c1cccc(CCNC(=O)c2ccc[nH]c2=S)c1. The van der Waals surface area contributed by atoms with E-state index in [0.717, 1.165) is 5.56 Å². The molecule has 0 spiro atoms. The van der Waals surface area contributed by atoms with E-state index in [1.165, 1.54) is 7.11 Å². The molecule has 5 nitrogen and oxygen atoms in total. The largest absolute Gasteiger partial charge is 0.465 e. The molecule has 1 aromatic carbocycles. The molecule has 0 unspecified atom stereocenters. The van der Waals surface area contributed by atoms with Gasteiger partial charge in [0.05, 0.1) is 18.2 Å². The second kappa shape index (κ2) is 7.51. The first-order valence-corrected chi connectivity index (χ1v) is 7.16. The van der Waals surface area contributed by atoms with Crippen LogP contribution in [0.25, 0.3) is 0 Å². The molecular formula is C16H16N2O3S. The number of H-pyrrole nitrogens is 1.